The number of imide groups is 1. The third kappa shape index (κ3) is 3.29. The van der Waals surface area contributed by atoms with Crippen LogP contribution in [-0.2, 0) is 9.59 Å². The predicted molar refractivity (Wildman–Crippen MR) is 113 cm³/mol. The van der Waals surface area contributed by atoms with Gasteiger partial charge >= 0.3 is 0 Å². The number of hydrogen-bond acceptors (Lipinski definition) is 5. The van der Waals surface area contributed by atoms with E-state index >= 15 is 0 Å². The molecule has 146 valence electrons. The van der Waals surface area contributed by atoms with Gasteiger partial charge in [-0.1, -0.05) is 25.1 Å². The summed E-state index contributed by atoms with van der Waals surface area (Å²) in [6.45, 7) is 5.85. The van der Waals surface area contributed by atoms with Crippen LogP contribution in [-0.4, -0.2) is 31.8 Å². The van der Waals surface area contributed by atoms with Gasteiger partial charge in [0.05, 0.1) is 30.4 Å². The Hall–Kier alpha value is -2.73. The fourth-order valence-corrected chi connectivity index (χ4v) is 4.08. The van der Waals surface area contributed by atoms with Crippen molar-refractivity contribution < 1.29 is 19.1 Å². The Kier molecular flexibility index (Phi) is 5.79. The van der Waals surface area contributed by atoms with Crippen LogP contribution in [0.4, 0.5) is 5.69 Å². The molecular weight excluding hydrogens is 374 g/mol. The quantitative estimate of drug-likeness (QED) is 0.678. The Bertz CT molecular complexity index is 980. The van der Waals surface area contributed by atoms with E-state index in [-0.39, 0.29) is 11.8 Å². The van der Waals surface area contributed by atoms with Crippen LogP contribution in [0.3, 0.4) is 0 Å². The molecule has 3 rings (SSSR count). The summed E-state index contributed by atoms with van der Waals surface area (Å²) >= 11 is 1.38. The van der Waals surface area contributed by atoms with E-state index < -0.39 is 0 Å². The Balaban J connectivity index is 2.15. The number of rotatable bonds is 6. The molecule has 2 amide bonds. The molecule has 6 heteroatoms. The maximum absolute atomic E-state index is 13.4. The van der Waals surface area contributed by atoms with Crippen LogP contribution < -0.4 is 14.4 Å². The first-order chi connectivity index (χ1) is 13.4. The minimum absolute atomic E-state index is 0.282. The molecule has 0 N–H and O–H groups in total. The normalized spacial score (nSPS) is 14.1. The van der Waals surface area contributed by atoms with Crippen LogP contribution >= 0.6 is 11.8 Å². The highest BCUT2D eigenvalue weighted by molar-refractivity contribution is 8.04. The summed E-state index contributed by atoms with van der Waals surface area (Å²) < 4.78 is 10.7. The molecule has 0 saturated carbocycles. The molecule has 0 unspecified atom stereocenters. The largest absolute Gasteiger partial charge is 0.493 e. The highest BCUT2D eigenvalue weighted by Crippen LogP contribution is 2.41. The number of amides is 2. The van der Waals surface area contributed by atoms with Crippen molar-refractivity contribution in [3.05, 3.63) is 58.0 Å². The number of ether oxygens (including phenoxy) is 2. The van der Waals surface area contributed by atoms with Gasteiger partial charge in [-0.15, -0.1) is 11.8 Å². The molecule has 5 nitrogen and oxygen atoms in total. The Morgan fingerprint density at radius 2 is 1.68 bits per heavy atom. The standard InChI is InChI=1S/C22H23NO4S/c1-6-28-20-19(15-10-11-17(26-4)18(12-15)27-5)21(24)23(22(20)25)16-9-7-8-13(2)14(16)3/h7-12H,6H2,1-5H3. The molecule has 0 fully saturated rings. The Labute approximate surface area is 169 Å². The lowest BCUT2D eigenvalue weighted by molar-refractivity contribution is -0.119. The van der Waals surface area contributed by atoms with E-state index in [0.29, 0.717) is 39.0 Å². The molecule has 0 saturated heterocycles. The van der Waals surface area contributed by atoms with Gasteiger partial charge in [-0.2, -0.15) is 0 Å². The summed E-state index contributed by atoms with van der Waals surface area (Å²) in [5.41, 5.74) is 3.61. The molecule has 0 atom stereocenters. The number of methoxy groups -OCH3 is 2. The van der Waals surface area contributed by atoms with Crippen LogP contribution in [0.15, 0.2) is 41.3 Å². The van der Waals surface area contributed by atoms with E-state index in [1.54, 1.807) is 32.4 Å². The van der Waals surface area contributed by atoms with Crippen molar-refractivity contribution >= 4 is 34.8 Å². The predicted octanol–water partition coefficient (Wildman–Crippen LogP) is 4.36. The van der Waals surface area contributed by atoms with Crippen molar-refractivity contribution in [3.63, 3.8) is 0 Å². The van der Waals surface area contributed by atoms with Crippen molar-refractivity contribution in [2.45, 2.75) is 20.8 Å². The third-order valence-electron chi connectivity index (χ3n) is 4.82. The van der Waals surface area contributed by atoms with Gasteiger partial charge in [-0.05, 0) is 54.5 Å². The molecule has 1 aliphatic rings. The monoisotopic (exact) mass is 397 g/mol. The van der Waals surface area contributed by atoms with Gasteiger partial charge in [0.25, 0.3) is 11.8 Å². The lowest BCUT2D eigenvalue weighted by Gasteiger charge is -2.19. The maximum atomic E-state index is 13.4. The zero-order chi connectivity index (χ0) is 20.4. The van der Waals surface area contributed by atoms with Gasteiger partial charge in [0.1, 0.15) is 0 Å². The van der Waals surface area contributed by atoms with E-state index in [1.807, 2.05) is 39.0 Å². The van der Waals surface area contributed by atoms with E-state index in [0.717, 1.165) is 11.1 Å². The minimum atomic E-state index is -0.318. The number of hydrogen-bond donors (Lipinski definition) is 0. The summed E-state index contributed by atoms with van der Waals surface area (Å²) in [5.74, 6) is 1.17. The van der Waals surface area contributed by atoms with Crippen LogP contribution in [0.5, 0.6) is 11.5 Å². The number of thioether (sulfide) groups is 1. The molecule has 0 radical (unpaired) electrons. The zero-order valence-corrected chi connectivity index (χ0v) is 17.5. The first-order valence-electron chi connectivity index (χ1n) is 8.99. The van der Waals surface area contributed by atoms with E-state index in [4.69, 9.17) is 9.47 Å². The zero-order valence-electron chi connectivity index (χ0n) is 16.7. The van der Waals surface area contributed by atoms with Crippen LogP contribution in [0.1, 0.15) is 23.6 Å². The minimum Gasteiger partial charge on any atom is -0.493 e. The smallest absolute Gasteiger partial charge is 0.272 e. The Morgan fingerprint density at radius 3 is 2.32 bits per heavy atom. The summed E-state index contributed by atoms with van der Waals surface area (Å²) in [6.07, 6.45) is 0. The fourth-order valence-electron chi connectivity index (χ4n) is 3.23. The lowest BCUT2D eigenvalue weighted by atomic mass is 10.0. The van der Waals surface area contributed by atoms with E-state index in [2.05, 4.69) is 0 Å². The van der Waals surface area contributed by atoms with Crippen molar-refractivity contribution in [1.82, 2.24) is 0 Å². The summed E-state index contributed by atoms with van der Waals surface area (Å²) in [5, 5.41) is 0. The van der Waals surface area contributed by atoms with Gasteiger partial charge in [0.2, 0.25) is 0 Å². The van der Waals surface area contributed by atoms with Gasteiger partial charge < -0.3 is 9.47 Å². The van der Waals surface area contributed by atoms with Crippen molar-refractivity contribution in [1.29, 1.82) is 0 Å². The molecular formula is C22H23NO4S. The second-order valence-electron chi connectivity index (χ2n) is 6.37. The first-order valence-corrected chi connectivity index (χ1v) is 9.97. The van der Waals surface area contributed by atoms with Gasteiger partial charge in [-0.3, -0.25) is 9.59 Å². The molecule has 28 heavy (non-hydrogen) atoms. The van der Waals surface area contributed by atoms with Crippen molar-refractivity contribution in [2.75, 3.05) is 24.9 Å². The molecule has 1 heterocycles. The maximum Gasteiger partial charge on any atom is 0.272 e. The van der Waals surface area contributed by atoms with Crippen molar-refractivity contribution in [3.8, 4) is 11.5 Å². The number of carbonyl (C=O) groups excluding carboxylic acids is 2. The average molecular weight is 397 g/mol. The number of nitrogens with zero attached hydrogens (tertiary/aromatic N) is 1. The summed E-state index contributed by atoms with van der Waals surface area (Å²) in [6, 6.07) is 10.9. The molecule has 0 aliphatic carbocycles. The van der Waals surface area contributed by atoms with Crippen LogP contribution in [0.2, 0.25) is 0 Å². The highest BCUT2D eigenvalue weighted by Gasteiger charge is 2.40. The van der Waals surface area contributed by atoms with Crippen LogP contribution in [0.25, 0.3) is 5.57 Å². The molecule has 2 aromatic carbocycles. The number of carbonyl (C=O) groups is 2. The van der Waals surface area contributed by atoms with Gasteiger partial charge in [-0.25, -0.2) is 4.90 Å². The van der Waals surface area contributed by atoms with Gasteiger partial charge in [0.15, 0.2) is 11.5 Å². The molecule has 0 spiro atoms. The van der Waals surface area contributed by atoms with Gasteiger partial charge in [0, 0.05) is 0 Å². The second kappa shape index (κ2) is 8.10. The molecule has 2 aromatic rings. The lowest BCUT2D eigenvalue weighted by Crippen LogP contribution is -2.32. The van der Waals surface area contributed by atoms with Crippen molar-refractivity contribution in [2.24, 2.45) is 0 Å². The average Bonchev–Trinajstić information content (AvgIpc) is 2.94. The van der Waals surface area contributed by atoms with Crippen LogP contribution in [0, 0.1) is 13.8 Å². The molecule has 0 aromatic heterocycles. The summed E-state index contributed by atoms with van der Waals surface area (Å²) in [4.78, 5) is 28.3. The third-order valence-corrected chi connectivity index (χ3v) is 5.78. The first kappa shape index (κ1) is 20.0. The number of anilines is 1. The topological polar surface area (TPSA) is 55.8 Å². The fraction of sp³-hybridized carbons (Fsp3) is 0.273. The summed E-state index contributed by atoms with van der Waals surface area (Å²) in [7, 11) is 3.10. The Morgan fingerprint density at radius 1 is 0.964 bits per heavy atom. The number of benzene rings is 2. The molecule has 0 bridgehead atoms. The van der Waals surface area contributed by atoms with E-state index in [1.165, 1.54) is 16.7 Å². The number of aryl methyl sites for hydroxylation is 1. The SMILES string of the molecule is CCSC1=C(c2ccc(OC)c(OC)c2)C(=O)N(c2cccc(C)c2C)C1=O. The van der Waals surface area contributed by atoms with E-state index in [9.17, 15) is 9.59 Å². The molecule has 1 aliphatic heterocycles. The second-order valence-corrected chi connectivity index (χ2v) is 7.65. The highest BCUT2D eigenvalue weighted by atomic mass is 32.2.